The number of pyridine rings is 1. The second-order valence-electron chi connectivity index (χ2n) is 2.73. The molecule has 2 aromatic rings. The molecule has 0 saturated carbocycles. The first kappa shape index (κ1) is 10.9. The Morgan fingerprint density at radius 2 is 2.00 bits per heavy atom. The van der Waals surface area contributed by atoms with Gasteiger partial charge in [-0.2, -0.15) is 0 Å². The fourth-order valence-electron chi connectivity index (χ4n) is 1.13. The van der Waals surface area contributed by atoms with Crippen molar-refractivity contribution in [3.05, 3.63) is 41.5 Å². The van der Waals surface area contributed by atoms with E-state index in [-0.39, 0.29) is 0 Å². The van der Waals surface area contributed by atoms with Crippen LogP contribution in [-0.2, 0) is 0 Å². The third kappa shape index (κ3) is 2.67. The van der Waals surface area contributed by atoms with E-state index in [1.807, 2.05) is 26.2 Å². The van der Waals surface area contributed by atoms with E-state index in [0.717, 1.165) is 0 Å². The molecule has 2 rings (SSSR count). The highest BCUT2D eigenvalue weighted by Crippen LogP contribution is 2.23. The number of hydrogen-bond acceptors (Lipinski definition) is 2. The van der Waals surface area contributed by atoms with Crippen LogP contribution in [0.5, 0.6) is 0 Å². The summed E-state index contributed by atoms with van der Waals surface area (Å²) in [7, 11) is 0. The molecule has 0 fully saturated rings. The van der Waals surface area contributed by atoms with Gasteiger partial charge in [0.15, 0.2) is 0 Å². The van der Waals surface area contributed by atoms with Crippen LogP contribution >= 0.6 is 11.3 Å². The number of hydrogen-bond donors (Lipinski definition) is 0. The lowest BCUT2D eigenvalue weighted by molar-refractivity contribution is 1.27. The molecule has 0 aliphatic heterocycles. The molecule has 0 radical (unpaired) electrons. The zero-order chi connectivity index (χ0) is 10.4. The first-order chi connectivity index (χ1) is 6.86. The maximum absolute atomic E-state index is 4.15. The Hall–Kier alpha value is -1.15. The van der Waals surface area contributed by atoms with Crippen molar-refractivity contribution >= 4 is 11.3 Å². The number of aromatic nitrogens is 1. The summed E-state index contributed by atoms with van der Waals surface area (Å²) in [6, 6.07) is 6.32. The van der Waals surface area contributed by atoms with Crippen molar-refractivity contribution in [1.82, 2.24) is 4.98 Å². The number of aryl methyl sites for hydroxylation is 1. The fourth-order valence-corrected chi connectivity index (χ4v) is 1.84. The van der Waals surface area contributed by atoms with Gasteiger partial charge < -0.3 is 0 Å². The average Bonchev–Trinajstić information content (AvgIpc) is 2.74. The van der Waals surface area contributed by atoms with Crippen LogP contribution in [0.25, 0.3) is 10.4 Å². The molecule has 0 saturated heterocycles. The summed E-state index contributed by atoms with van der Waals surface area (Å²) >= 11 is 1.74. The maximum Gasteiger partial charge on any atom is 0.0358 e. The monoisotopic (exact) mass is 205 g/mol. The minimum atomic E-state index is 1.21. The molecule has 0 aliphatic rings. The van der Waals surface area contributed by atoms with Crippen LogP contribution in [0.2, 0.25) is 0 Å². The van der Waals surface area contributed by atoms with Gasteiger partial charge in [0.2, 0.25) is 0 Å². The number of nitrogens with zero attached hydrogens (tertiary/aromatic N) is 1. The van der Waals surface area contributed by atoms with Crippen LogP contribution in [0.1, 0.15) is 19.4 Å². The van der Waals surface area contributed by atoms with Gasteiger partial charge in [-0.1, -0.05) is 19.9 Å². The quantitative estimate of drug-likeness (QED) is 0.681. The standard InChI is InChI=1S/C10H9NS.C2H6/c1-8-5-9(7-11-6-8)10-3-2-4-12-10;1-2/h2-7H,1H3;1-2H3. The van der Waals surface area contributed by atoms with Crippen molar-refractivity contribution in [1.29, 1.82) is 0 Å². The average molecular weight is 205 g/mol. The van der Waals surface area contributed by atoms with Gasteiger partial charge in [0, 0.05) is 22.8 Å². The maximum atomic E-state index is 4.15. The lowest BCUT2D eigenvalue weighted by Gasteiger charge is -1.96. The molecular formula is C12H15NS. The first-order valence-electron chi connectivity index (χ1n) is 4.82. The van der Waals surface area contributed by atoms with Crippen molar-refractivity contribution in [3.8, 4) is 10.4 Å². The van der Waals surface area contributed by atoms with E-state index in [0.29, 0.717) is 0 Å². The first-order valence-corrected chi connectivity index (χ1v) is 5.70. The molecule has 0 unspecified atom stereocenters. The molecule has 1 nitrogen and oxygen atoms in total. The molecule has 0 aromatic carbocycles. The molecular weight excluding hydrogens is 190 g/mol. The lowest BCUT2D eigenvalue weighted by atomic mass is 10.2. The molecule has 0 N–H and O–H groups in total. The number of rotatable bonds is 1. The molecule has 0 atom stereocenters. The van der Waals surface area contributed by atoms with Gasteiger partial charge in [-0.05, 0) is 30.0 Å². The molecule has 2 heteroatoms. The SMILES string of the molecule is CC.Cc1cncc(-c2cccs2)c1. The molecule has 0 amide bonds. The van der Waals surface area contributed by atoms with Crippen LogP contribution < -0.4 is 0 Å². The summed E-state index contributed by atoms with van der Waals surface area (Å²) in [6.07, 6.45) is 3.77. The summed E-state index contributed by atoms with van der Waals surface area (Å²) in [5, 5.41) is 2.08. The van der Waals surface area contributed by atoms with Gasteiger partial charge in [-0.3, -0.25) is 4.98 Å². The van der Waals surface area contributed by atoms with Crippen LogP contribution in [0.4, 0.5) is 0 Å². The van der Waals surface area contributed by atoms with Crippen molar-refractivity contribution in [2.75, 3.05) is 0 Å². The zero-order valence-electron chi connectivity index (χ0n) is 8.82. The minimum absolute atomic E-state index is 1.21. The topological polar surface area (TPSA) is 12.9 Å². The normalized spacial score (nSPS) is 9.07. The highest BCUT2D eigenvalue weighted by molar-refractivity contribution is 7.13. The highest BCUT2D eigenvalue weighted by atomic mass is 32.1. The van der Waals surface area contributed by atoms with E-state index >= 15 is 0 Å². The van der Waals surface area contributed by atoms with E-state index in [1.165, 1.54) is 16.0 Å². The summed E-state index contributed by atoms with van der Waals surface area (Å²) < 4.78 is 0. The molecule has 2 aromatic heterocycles. The van der Waals surface area contributed by atoms with Crippen molar-refractivity contribution in [2.24, 2.45) is 0 Å². The van der Waals surface area contributed by atoms with Gasteiger partial charge in [-0.25, -0.2) is 0 Å². The van der Waals surface area contributed by atoms with Gasteiger partial charge in [0.05, 0.1) is 0 Å². The predicted molar refractivity (Wildman–Crippen MR) is 63.6 cm³/mol. The van der Waals surface area contributed by atoms with Crippen LogP contribution in [0.3, 0.4) is 0 Å². The third-order valence-electron chi connectivity index (χ3n) is 1.68. The van der Waals surface area contributed by atoms with Gasteiger partial charge in [0.1, 0.15) is 0 Å². The van der Waals surface area contributed by atoms with Crippen molar-refractivity contribution < 1.29 is 0 Å². The summed E-state index contributed by atoms with van der Waals surface area (Å²) in [4.78, 5) is 5.43. The summed E-state index contributed by atoms with van der Waals surface area (Å²) in [5.41, 5.74) is 2.42. The minimum Gasteiger partial charge on any atom is -0.264 e. The molecule has 2 heterocycles. The molecule has 0 aliphatic carbocycles. The van der Waals surface area contributed by atoms with E-state index < -0.39 is 0 Å². The molecule has 0 bridgehead atoms. The third-order valence-corrected chi connectivity index (χ3v) is 2.60. The Bertz CT molecular complexity index is 366. The number of thiophene rings is 1. The fraction of sp³-hybridized carbons (Fsp3) is 0.250. The summed E-state index contributed by atoms with van der Waals surface area (Å²) in [5.74, 6) is 0. The lowest BCUT2D eigenvalue weighted by Crippen LogP contribution is -1.78. The van der Waals surface area contributed by atoms with Crippen LogP contribution in [0.15, 0.2) is 36.0 Å². The second kappa shape index (κ2) is 5.55. The van der Waals surface area contributed by atoms with Crippen LogP contribution in [-0.4, -0.2) is 4.98 Å². The van der Waals surface area contributed by atoms with Crippen molar-refractivity contribution in [2.45, 2.75) is 20.8 Å². The Morgan fingerprint density at radius 3 is 2.57 bits per heavy atom. The van der Waals surface area contributed by atoms with E-state index in [2.05, 4.69) is 35.5 Å². The predicted octanol–water partition coefficient (Wildman–Crippen LogP) is 4.14. The molecule has 14 heavy (non-hydrogen) atoms. The smallest absolute Gasteiger partial charge is 0.0358 e. The van der Waals surface area contributed by atoms with Gasteiger partial charge in [0.25, 0.3) is 0 Å². The van der Waals surface area contributed by atoms with E-state index in [1.54, 1.807) is 11.3 Å². The Morgan fingerprint density at radius 1 is 1.21 bits per heavy atom. The molecule has 0 spiro atoms. The van der Waals surface area contributed by atoms with Crippen molar-refractivity contribution in [3.63, 3.8) is 0 Å². The Balaban J connectivity index is 0.000000461. The zero-order valence-corrected chi connectivity index (χ0v) is 9.64. The largest absolute Gasteiger partial charge is 0.264 e. The Kier molecular flexibility index (Phi) is 4.33. The summed E-state index contributed by atoms with van der Waals surface area (Å²) in [6.45, 7) is 6.06. The Labute approximate surface area is 89.4 Å². The van der Waals surface area contributed by atoms with E-state index in [9.17, 15) is 0 Å². The van der Waals surface area contributed by atoms with Gasteiger partial charge in [-0.15, -0.1) is 11.3 Å². The van der Waals surface area contributed by atoms with Crippen LogP contribution in [0, 0.1) is 6.92 Å². The van der Waals surface area contributed by atoms with E-state index in [4.69, 9.17) is 0 Å². The highest BCUT2D eigenvalue weighted by Gasteiger charge is 1.97. The van der Waals surface area contributed by atoms with Gasteiger partial charge >= 0.3 is 0 Å². The second-order valence-corrected chi connectivity index (χ2v) is 3.68. The molecule has 74 valence electrons.